The summed E-state index contributed by atoms with van der Waals surface area (Å²) in [7, 11) is 0. The van der Waals surface area contributed by atoms with E-state index in [1.165, 1.54) is 12.8 Å². The molecule has 2 nitrogen and oxygen atoms in total. The lowest BCUT2D eigenvalue weighted by Gasteiger charge is -2.34. The van der Waals surface area contributed by atoms with Crippen molar-refractivity contribution in [1.29, 1.82) is 0 Å². The van der Waals surface area contributed by atoms with Crippen LogP contribution in [-0.4, -0.2) is 36.7 Å². The fraction of sp³-hybridized carbons (Fsp3) is 0.571. The first kappa shape index (κ1) is 12.6. The molecule has 0 N–H and O–H groups in total. The molecule has 1 aromatic rings. The smallest absolute Gasteiger partial charge is 0.127 e. The fourth-order valence-corrected chi connectivity index (χ4v) is 3.39. The molecular formula is C14H17BrFNO. The van der Waals surface area contributed by atoms with Gasteiger partial charge in [0.25, 0.3) is 0 Å². The second-order valence-corrected chi connectivity index (χ2v) is 6.06. The summed E-state index contributed by atoms with van der Waals surface area (Å²) in [6, 6.07) is 6.45. The minimum Gasteiger partial charge on any atom is -0.378 e. The van der Waals surface area contributed by atoms with Gasteiger partial charge in [0.05, 0.1) is 13.2 Å². The Bertz CT molecular complexity index is 424. The van der Waals surface area contributed by atoms with Gasteiger partial charge in [-0.25, -0.2) is 4.39 Å². The molecule has 0 radical (unpaired) electrons. The third-order valence-electron chi connectivity index (χ3n) is 4.05. The molecule has 2 bridgehead atoms. The maximum Gasteiger partial charge on any atom is 0.127 e. The summed E-state index contributed by atoms with van der Waals surface area (Å²) in [6.07, 6.45) is 3.24. The van der Waals surface area contributed by atoms with E-state index in [-0.39, 0.29) is 5.82 Å². The van der Waals surface area contributed by atoms with E-state index in [9.17, 15) is 4.39 Å². The van der Waals surface area contributed by atoms with Gasteiger partial charge in [0.2, 0.25) is 0 Å². The van der Waals surface area contributed by atoms with E-state index >= 15 is 0 Å². The highest BCUT2D eigenvalue weighted by molar-refractivity contribution is 9.10. The van der Waals surface area contributed by atoms with Crippen LogP contribution < -0.4 is 0 Å². The standard InChI is InChI=1S/C14H17BrFNO/c15-11-2-1-10(14(16)7-11)5-6-17-12-3-4-13(17)9-18-8-12/h1-2,7,12-13H,3-6,8-9H2. The Morgan fingerprint density at radius 1 is 1.28 bits per heavy atom. The predicted molar refractivity (Wildman–Crippen MR) is 72.1 cm³/mol. The Morgan fingerprint density at radius 3 is 2.67 bits per heavy atom. The van der Waals surface area contributed by atoms with Gasteiger partial charge in [0, 0.05) is 23.1 Å². The van der Waals surface area contributed by atoms with Crippen molar-refractivity contribution >= 4 is 15.9 Å². The Kier molecular flexibility index (Phi) is 3.68. The lowest BCUT2D eigenvalue weighted by Crippen LogP contribution is -2.46. The maximum atomic E-state index is 13.7. The summed E-state index contributed by atoms with van der Waals surface area (Å²) in [5, 5.41) is 0. The van der Waals surface area contributed by atoms with Crippen molar-refractivity contribution in [1.82, 2.24) is 4.90 Å². The number of benzene rings is 1. The molecule has 2 heterocycles. The molecule has 1 aromatic carbocycles. The quantitative estimate of drug-likeness (QED) is 0.850. The summed E-state index contributed by atoms with van der Waals surface area (Å²) >= 11 is 3.29. The van der Waals surface area contributed by atoms with Crippen LogP contribution in [0.1, 0.15) is 18.4 Å². The molecule has 98 valence electrons. The topological polar surface area (TPSA) is 12.5 Å². The van der Waals surface area contributed by atoms with Gasteiger partial charge in [-0.15, -0.1) is 0 Å². The Labute approximate surface area is 115 Å². The van der Waals surface area contributed by atoms with Crippen LogP contribution >= 0.6 is 15.9 Å². The third-order valence-corrected chi connectivity index (χ3v) is 4.54. The molecule has 0 aliphatic carbocycles. The third kappa shape index (κ3) is 2.46. The van der Waals surface area contributed by atoms with Crippen LogP contribution in [0.25, 0.3) is 0 Å². The van der Waals surface area contributed by atoms with Crippen molar-refractivity contribution in [3.63, 3.8) is 0 Å². The monoisotopic (exact) mass is 313 g/mol. The van der Waals surface area contributed by atoms with Crippen LogP contribution in [-0.2, 0) is 11.2 Å². The molecule has 2 aliphatic rings. The molecule has 18 heavy (non-hydrogen) atoms. The second-order valence-electron chi connectivity index (χ2n) is 5.15. The highest BCUT2D eigenvalue weighted by Gasteiger charge is 2.36. The van der Waals surface area contributed by atoms with Gasteiger partial charge in [-0.05, 0) is 37.0 Å². The minimum absolute atomic E-state index is 0.106. The number of ether oxygens (including phenoxy) is 1. The first-order chi connectivity index (χ1) is 8.74. The number of hydrogen-bond donors (Lipinski definition) is 0. The molecule has 2 fully saturated rings. The molecule has 0 aromatic heterocycles. The molecular weight excluding hydrogens is 297 g/mol. The lowest BCUT2D eigenvalue weighted by atomic mass is 10.1. The van der Waals surface area contributed by atoms with Gasteiger partial charge in [-0.3, -0.25) is 4.90 Å². The summed E-state index contributed by atoms with van der Waals surface area (Å²) < 4.78 is 20.1. The van der Waals surface area contributed by atoms with Gasteiger partial charge < -0.3 is 4.74 Å². The highest BCUT2D eigenvalue weighted by atomic mass is 79.9. The zero-order valence-corrected chi connectivity index (χ0v) is 11.8. The van der Waals surface area contributed by atoms with Crippen LogP contribution in [0.3, 0.4) is 0 Å². The zero-order chi connectivity index (χ0) is 12.5. The molecule has 0 amide bonds. The van der Waals surface area contributed by atoms with Gasteiger partial charge >= 0.3 is 0 Å². The fourth-order valence-electron chi connectivity index (χ4n) is 3.05. The van der Waals surface area contributed by atoms with Gasteiger partial charge in [0.15, 0.2) is 0 Å². The number of morpholine rings is 1. The SMILES string of the molecule is Fc1cc(Br)ccc1CCN1C2CCC1COC2. The molecule has 4 heteroatoms. The lowest BCUT2D eigenvalue weighted by molar-refractivity contribution is -0.0138. The molecule has 3 rings (SSSR count). The van der Waals surface area contributed by atoms with Crippen molar-refractivity contribution < 1.29 is 9.13 Å². The first-order valence-electron chi connectivity index (χ1n) is 6.51. The van der Waals surface area contributed by atoms with Crippen molar-refractivity contribution in [3.8, 4) is 0 Å². The van der Waals surface area contributed by atoms with Crippen LogP contribution in [0, 0.1) is 5.82 Å². The zero-order valence-electron chi connectivity index (χ0n) is 10.2. The van der Waals surface area contributed by atoms with Crippen LogP contribution in [0.5, 0.6) is 0 Å². The first-order valence-corrected chi connectivity index (χ1v) is 7.31. The number of fused-ring (bicyclic) bond motifs is 2. The summed E-state index contributed by atoms with van der Waals surface area (Å²) in [4.78, 5) is 2.50. The van der Waals surface area contributed by atoms with E-state index in [2.05, 4.69) is 20.8 Å². The van der Waals surface area contributed by atoms with Crippen molar-refractivity contribution in [2.45, 2.75) is 31.3 Å². The van der Waals surface area contributed by atoms with E-state index < -0.39 is 0 Å². The van der Waals surface area contributed by atoms with E-state index in [1.807, 2.05) is 12.1 Å². The average Bonchev–Trinajstić information content (AvgIpc) is 2.58. The van der Waals surface area contributed by atoms with E-state index in [0.717, 1.165) is 36.2 Å². The minimum atomic E-state index is -0.106. The number of hydrogen-bond acceptors (Lipinski definition) is 2. The van der Waals surface area contributed by atoms with Crippen molar-refractivity contribution in [2.24, 2.45) is 0 Å². The average molecular weight is 314 g/mol. The predicted octanol–water partition coefficient (Wildman–Crippen LogP) is 2.99. The van der Waals surface area contributed by atoms with Gasteiger partial charge in [-0.1, -0.05) is 22.0 Å². The summed E-state index contributed by atoms with van der Waals surface area (Å²) in [5.41, 5.74) is 0.809. The van der Waals surface area contributed by atoms with E-state index in [1.54, 1.807) is 6.07 Å². The number of halogens is 2. The van der Waals surface area contributed by atoms with Crippen molar-refractivity contribution in [3.05, 3.63) is 34.1 Å². The summed E-state index contributed by atoms with van der Waals surface area (Å²) in [5.74, 6) is -0.106. The van der Waals surface area contributed by atoms with Crippen LogP contribution in [0.15, 0.2) is 22.7 Å². The molecule has 2 saturated heterocycles. The number of nitrogens with zero attached hydrogens (tertiary/aromatic N) is 1. The van der Waals surface area contributed by atoms with Crippen LogP contribution in [0.2, 0.25) is 0 Å². The Morgan fingerprint density at radius 2 is 2.00 bits per heavy atom. The largest absolute Gasteiger partial charge is 0.378 e. The second kappa shape index (κ2) is 5.27. The maximum absolute atomic E-state index is 13.7. The molecule has 2 atom stereocenters. The molecule has 2 unspecified atom stereocenters. The van der Waals surface area contributed by atoms with Gasteiger partial charge in [-0.2, -0.15) is 0 Å². The molecule has 0 spiro atoms. The van der Waals surface area contributed by atoms with E-state index in [4.69, 9.17) is 4.74 Å². The van der Waals surface area contributed by atoms with Crippen molar-refractivity contribution in [2.75, 3.05) is 19.8 Å². The van der Waals surface area contributed by atoms with E-state index in [0.29, 0.717) is 12.1 Å². The molecule has 0 saturated carbocycles. The Balaban J connectivity index is 1.64. The molecule has 2 aliphatic heterocycles. The number of rotatable bonds is 3. The van der Waals surface area contributed by atoms with Crippen LogP contribution in [0.4, 0.5) is 4.39 Å². The highest BCUT2D eigenvalue weighted by Crippen LogP contribution is 2.29. The normalized spacial score (nSPS) is 27.7. The van der Waals surface area contributed by atoms with Gasteiger partial charge in [0.1, 0.15) is 5.82 Å². The Hall–Kier alpha value is -0.450. The summed E-state index contributed by atoms with van der Waals surface area (Å²) in [6.45, 7) is 2.63.